The molecular weight excluding hydrogens is 355 g/mol. The summed E-state index contributed by atoms with van der Waals surface area (Å²) in [5.41, 5.74) is 0.626. The molecule has 23 heavy (non-hydrogen) atoms. The van der Waals surface area contributed by atoms with E-state index in [0.29, 0.717) is 21.7 Å². The third-order valence-corrected chi connectivity index (χ3v) is 5.25. The molecule has 0 unspecified atom stereocenters. The third-order valence-electron chi connectivity index (χ3n) is 3.54. The lowest BCUT2D eigenvalue weighted by Gasteiger charge is -2.08. The van der Waals surface area contributed by atoms with Gasteiger partial charge in [-0.15, -0.1) is 10.2 Å². The smallest absolute Gasteiger partial charge is 0.234 e. The molecule has 1 aliphatic carbocycles. The van der Waals surface area contributed by atoms with E-state index in [4.69, 9.17) is 23.2 Å². The second-order valence-electron chi connectivity index (χ2n) is 5.33. The standard InChI is InChI=1S/C15H16Cl2N4OS/c1-2-21-14(9-3-4-9)19-20-15(21)23-8-13(22)18-10-5-6-11(16)12(17)7-10/h5-7,9H,2-4,8H2,1H3,(H,18,22). The van der Waals surface area contributed by atoms with Gasteiger partial charge >= 0.3 is 0 Å². The van der Waals surface area contributed by atoms with Gasteiger partial charge in [-0.2, -0.15) is 0 Å². The molecule has 1 aromatic carbocycles. The molecule has 0 spiro atoms. The van der Waals surface area contributed by atoms with Crippen molar-refractivity contribution in [2.45, 2.75) is 37.4 Å². The van der Waals surface area contributed by atoms with E-state index in [1.807, 2.05) is 0 Å². The molecule has 0 aliphatic heterocycles. The molecule has 1 amide bonds. The minimum absolute atomic E-state index is 0.119. The number of rotatable bonds is 6. The zero-order valence-electron chi connectivity index (χ0n) is 12.6. The summed E-state index contributed by atoms with van der Waals surface area (Å²) < 4.78 is 2.09. The largest absolute Gasteiger partial charge is 0.325 e. The number of aromatic nitrogens is 3. The highest BCUT2D eigenvalue weighted by molar-refractivity contribution is 7.99. The van der Waals surface area contributed by atoms with Crippen molar-refractivity contribution in [3.05, 3.63) is 34.1 Å². The van der Waals surface area contributed by atoms with Crippen LogP contribution >= 0.6 is 35.0 Å². The summed E-state index contributed by atoms with van der Waals surface area (Å²) in [5.74, 6) is 1.73. The van der Waals surface area contributed by atoms with Gasteiger partial charge in [0.25, 0.3) is 0 Å². The Morgan fingerprint density at radius 3 is 2.78 bits per heavy atom. The van der Waals surface area contributed by atoms with Crippen LogP contribution in [0.4, 0.5) is 5.69 Å². The molecule has 1 fully saturated rings. The fourth-order valence-corrected chi connectivity index (χ4v) is 3.36. The Morgan fingerprint density at radius 1 is 1.35 bits per heavy atom. The van der Waals surface area contributed by atoms with Crippen LogP contribution in [0.3, 0.4) is 0 Å². The Hall–Kier alpha value is -1.24. The van der Waals surface area contributed by atoms with Gasteiger partial charge in [-0.05, 0) is 38.0 Å². The van der Waals surface area contributed by atoms with E-state index >= 15 is 0 Å². The second kappa shape index (κ2) is 7.11. The summed E-state index contributed by atoms with van der Waals surface area (Å²) >= 11 is 13.2. The second-order valence-corrected chi connectivity index (χ2v) is 7.08. The molecule has 1 aliphatic rings. The summed E-state index contributed by atoms with van der Waals surface area (Å²) in [4.78, 5) is 12.1. The maximum atomic E-state index is 12.1. The first-order chi connectivity index (χ1) is 11.1. The molecule has 1 heterocycles. The van der Waals surface area contributed by atoms with Crippen LogP contribution in [-0.4, -0.2) is 26.4 Å². The number of hydrogen-bond donors (Lipinski definition) is 1. The molecule has 2 aromatic rings. The number of nitrogens with zero attached hydrogens (tertiary/aromatic N) is 3. The zero-order valence-corrected chi connectivity index (χ0v) is 14.9. The Balaban J connectivity index is 1.59. The molecule has 0 saturated heterocycles. The van der Waals surface area contributed by atoms with Crippen LogP contribution in [0.15, 0.2) is 23.4 Å². The van der Waals surface area contributed by atoms with Crippen molar-refractivity contribution in [3.8, 4) is 0 Å². The van der Waals surface area contributed by atoms with Gasteiger partial charge in [-0.25, -0.2) is 0 Å². The first-order valence-corrected chi connectivity index (χ1v) is 9.13. The Bertz CT molecular complexity index is 730. The van der Waals surface area contributed by atoms with Crippen molar-refractivity contribution in [2.75, 3.05) is 11.1 Å². The van der Waals surface area contributed by atoms with E-state index in [1.54, 1.807) is 18.2 Å². The molecule has 8 heteroatoms. The van der Waals surface area contributed by atoms with Gasteiger partial charge < -0.3 is 9.88 Å². The lowest BCUT2D eigenvalue weighted by Crippen LogP contribution is -2.14. The predicted octanol–water partition coefficient (Wildman–Crippen LogP) is 4.21. The summed E-state index contributed by atoms with van der Waals surface area (Å²) in [5, 5.41) is 12.9. The van der Waals surface area contributed by atoms with Crippen molar-refractivity contribution in [1.82, 2.24) is 14.8 Å². The lowest BCUT2D eigenvalue weighted by molar-refractivity contribution is -0.113. The van der Waals surface area contributed by atoms with E-state index in [1.165, 1.54) is 24.6 Å². The maximum absolute atomic E-state index is 12.1. The number of amides is 1. The van der Waals surface area contributed by atoms with Crippen molar-refractivity contribution >= 4 is 46.6 Å². The van der Waals surface area contributed by atoms with Crippen molar-refractivity contribution in [3.63, 3.8) is 0 Å². The summed E-state index contributed by atoms with van der Waals surface area (Å²) in [7, 11) is 0. The number of carbonyl (C=O) groups is 1. The molecule has 0 bridgehead atoms. The van der Waals surface area contributed by atoms with E-state index < -0.39 is 0 Å². The Morgan fingerprint density at radius 2 is 2.13 bits per heavy atom. The monoisotopic (exact) mass is 370 g/mol. The van der Waals surface area contributed by atoms with E-state index in [2.05, 4.69) is 27.0 Å². The van der Waals surface area contributed by atoms with Crippen LogP contribution in [-0.2, 0) is 11.3 Å². The van der Waals surface area contributed by atoms with Crippen LogP contribution < -0.4 is 5.32 Å². The van der Waals surface area contributed by atoms with E-state index in [0.717, 1.165) is 17.5 Å². The quantitative estimate of drug-likeness (QED) is 0.773. The summed E-state index contributed by atoms with van der Waals surface area (Å²) in [6.07, 6.45) is 2.36. The summed E-state index contributed by atoms with van der Waals surface area (Å²) in [6, 6.07) is 5.00. The van der Waals surface area contributed by atoms with Crippen molar-refractivity contribution in [1.29, 1.82) is 0 Å². The molecule has 0 radical (unpaired) electrons. The van der Waals surface area contributed by atoms with Crippen LogP contribution in [0.2, 0.25) is 10.0 Å². The average Bonchev–Trinajstić information content (AvgIpc) is 3.29. The lowest BCUT2D eigenvalue weighted by atomic mass is 10.3. The number of benzene rings is 1. The minimum Gasteiger partial charge on any atom is -0.325 e. The number of anilines is 1. The normalized spacial score (nSPS) is 14.0. The fraction of sp³-hybridized carbons (Fsp3) is 0.400. The van der Waals surface area contributed by atoms with Gasteiger partial charge in [0.15, 0.2) is 5.16 Å². The van der Waals surface area contributed by atoms with Gasteiger partial charge in [-0.1, -0.05) is 35.0 Å². The van der Waals surface area contributed by atoms with Gasteiger partial charge in [0, 0.05) is 18.2 Å². The Labute approximate surface area is 148 Å². The number of carbonyl (C=O) groups excluding carboxylic acids is 1. The van der Waals surface area contributed by atoms with Crippen LogP contribution in [0.5, 0.6) is 0 Å². The highest BCUT2D eigenvalue weighted by atomic mass is 35.5. The van der Waals surface area contributed by atoms with Crippen LogP contribution in [0.25, 0.3) is 0 Å². The van der Waals surface area contributed by atoms with Gasteiger partial charge in [0.05, 0.1) is 15.8 Å². The molecular formula is C15H16Cl2N4OS. The van der Waals surface area contributed by atoms with E-state index in [-0.39, 0.29) is 11.7 Å². The zero-order chi connectivity index (χ0) is 16.4. The van der Waals surface area contributed by atoms with Gasteiger partial charge in [0.1, 0.15) is 5.82 Å². The first-order valence-electron chi connectivity index (χ1n) is 7.39. The molecule has 1 saturated carbocycles. The third kappa shape index (κ3) is 4.00. The van der Waals surface area contributed by atoms with Crippen LogP contribution in [0.1, 0.15) is 31.5 Å². The van der Waals surface area contributed by atoms with Crippen molar-refractivity contribution < 1.29 is 4.79 Å². The number of hydrogen-bond acceptors (Lipinski definition) is 4. The number of nitrogens with one attached hydrogen (secondary N) is 1. The minimum atomic E-state index is -0.119. The average molecular weight is 371 g/mol. The molecule has 5 nitrogen and oxygen atoms in total. The highest BCUT2D eigenvalue weighted by Gasteiger charge is 2.30. The number of halogens is 2. The van der Waals surface area contributed by atoms with E-state index in [9.17, 15) is 4.79 Å². The Kier molecular flexibility index (Phi) is 5.14. The number of thioether (sulfide) groups is 1. The highest BCUT2D eigenvalue weighted by Crippen LogP contribution is 2.40. The van der Waals surface area contributed by atoms with Crippen molar-refractivity contribution in [2.24, 2.45) is 0 Å². The molecule has 3 rings (SSSR count). The molecule has 122 valence electrons. The topological polar surface area (TPSA) is 59.8 Å². The predicted molar refractivity (Wildman–Crippen MR) is 93.5 cm³/mol. The van der Waals surface area contributed by atoms with Gasteiger partial charge in [-0.3, -0.25) is 4.79 Å². The molecule has 0 atom stereocenters. The molecule has 1 aromatic heterocycles. The molecule has 1 N–H and O–H groups in total. The first kappa shape index (κ1) is 16.6. The van der Waals surface area contributed by atoms with Gasteiger partial charge in [0.2, 0.25) is 5.91 Å². The SMILES string of the molecule is CCn1c(SCC(=O)Nc2ccc(Cl)c(Cl)c2)nnc1C1CC1. The maximum Gasteiger partial charge on any atom is 0.234 e. The van der Waals surface area contributed by atoms with Crippen LogP contribution in [0, 0.1) is 0 Å². The fourth-order valence-electron chi connectivity index (χ4n) is 2.25. The summed E-state index contributed by atoms with van der Waals surface area (Å²) in [6.45, 7) is 2.88.